The molecule has 0 N–H and O–H groups in total. The van der Waals surface area contributed by atoms with E-state index in [0.717, 1.165) is 30.4 Å². The molecule has 0 aliphatic carbocycles. The Kier molecular flexibility index (Phi) is 5.24. The Labute approximate surface area is 125 Å². The second-order valence-electron chi connectivity index (χ2n) is 4.75. The highest BCUT2D eigenvalue weighted by Gasteiger charge is 2.19. The predicted octanol–water partition coefficient (Wildman–Crippen LogP) is 3.68. The number of hydrogen-bond acceptors (Lipinski definition) is 4. The first-order valence-corrected chi connectivity index (χ1v) is 8.36. The summed E-state index contributed by atoms with van der Waals surface area (Å²) in [6, 6.07) is 5.39. The van der Waals surface area contributed by atoms with Gasteiger partial charge in [-0.25, -0.2) is 0 Å². The maximum atomic E-state index is 10.9. The molecular formula is C13H17BrN2O2S. The van der Waals surface area contributed by atoms with Crippen LogP contribution in [0.25, 0.3) is 0 Å². The zero-order valence-electron chi connectivity index (χ0n) is 10.8. The molecule has 0 unspecified atom stereocenters. The number of likely N-dealkylation sites (tertiary alicyclic amines) is 1. The van der Waals surface area contributed by atoms with Crippen LogP contribution in [0.3, 0.4) is 0 Å². The molecule has 1 fully saturated rings. The highest BCUT2D eigenvalue weighted by Crippen LogP contribution is 2.27. The summed E-state index contributed by atoms with van der Waals surface area (Å²) in [4.78, 5) is 12.9. The van der Waals surface area contributed by atoms with Gasteiger partial charge in [0.25, 0.3) is 5.69 Å². The first-order valence-electron chi connectivity index (χ1n) is 6.28. The number of rotatable bonds is 4. The van der Waals surface area contributed by atoms with Gasteiger partial charge in [0, 0.05) is 17.9 Å². The molecule has 0 atom stereocenters. The molecule has 2 rings (SSSR count). The van der Waals surface area contributed by atoms with Crippen LogP contribution < -0.4 is 0 Å². The van der Waals surface area contributed by atoms with E-state index in [1.165, 1.54) is 12.8 Å². The Balaban J connectivity index is 2.00. The zero-order chi connectivity index (χ0) is 13.8. The maximum absolute atomic E-state index is 10.9. The predicted molar refractivity (Wildman–Crippen MR) is 82.6 cm³/mol. The van der Waals surface area contributed by atoms with Crippen LogP contribution in [0.2, 0.25) is 0 Å². The van der Waals surface area contributed by atoms with Gasteiger partial charge in [0.1, 0.15) is 0 Å². The summed E-state index contributed by atoms with van der Waals surface area (Å²) in [5.41, 5.74) is 1.16. The molecule has 6 heteroatoms. The number of halogens is 1. The Bertz CT molecular complexity index is 462. The quantitative estimate of drug-likeness (QED) is 0.617. The fourth-order valence-corrected chi connectivity index (χ4v) is 3.43. The SMILES string of the molecule is CSC1CCN(Cc2ccc(Br)c([N+](=O)[O-])c2)CC1. The van der Waals surface area contributed by atoms with Gasteiger partial charge in [-0.05, 0) is 59.7 Å². The first kappa shape index (κ1) is 14.8. The third-order valence-corrected chi connectivity index (χ3v) is 5.29. The van der Waals surface area contributed by atoms with E-state index in [9.17, 15) is 10.1 Å². The summed E-state index contributed by atoms with van der Waals surface area (Å²) in [5, 5.41) is 11.7. The average Bonchev–Trinajstić information content (AvgIpc) is 2.41. The van der Waals surface area contributed by atoms with Crippen molar-refractivity contribution in [3.05, 3.63) is 38.3 Å². The summed E-state index contributed by atoms with van der Waals surface area (Å²) in [7, 11) is 0. The molecule has 1 heterocycles. The van der Waals surface area contributed by atoms with Gasteiger partial charge in [-0.2, -0.15) is 11.8 Å². The van der Waals surface area contributed by atoms with Gasteiger partial charge in [-0.1, -0.05) is 6.07 Å². The molecule has 0 amide bonds. The lowest BCUT2D eigenvalue weighted by Crippen LogP contribution is -2.34. The Hall–Kier alpha value is -0.590. The van der Waals surface area contributed by atoms with E-state index in [0.29, 0.717) is 4.47 Å². The van der Waals surface area contributed by atoms with Crippen LogP contribution >= 0.6 is 27.7 Å². The molecule has 0 bridgehead atoms. The molecule has 19 heavy (non-hydrogen) atoms. The van der Waals surface area contributed by atoms with Crippen molar-refractivity contribution in [1.29, 1.82) is 0 Å². The fourth-order valence-electron chi connectivity index (χ4n) is 2.36. The van der Waals surface area contributed by atoms with E-state index in [4.69, 9.17) is 0 Å². The highest BCUT2D eigenvalue weighted by molar-refractivity contribution is 9.10. The van der Waals surface area contributed by atoms with Crippen molar-refractivity contribution in [2.45, 2.75) is 24.6 Å². The molecule has 104 valence electrons. The lowest BCUT2D eigenvalue weighted by Gasteiger charge is -2.31. The largest absolute Gasteiger partial charge is 0.299 e. The summed E-state index contributed by atoms with van der Waals surface area (Å²) >= 11 is 5.16. The number of nitrogens with zero attached hydrogens (tertiary/aromatic N) is 2. The van der Waals surface area contributed by atoms with Gasteiger partial charge < -0.3 is 0 Å². The van der Waals surface area contributed by atoms with E-state index in [-0.39, 0.29) is 10.6 Å². The third-order valence-electron chi connectivity index (χ3n) is 3.48. The van der Waals surface area contributed by atoms with Gasteiger partial charge in [0.2, 0.25) is 0 Å². The second kappa shape index (κ2) is 6.72. The monoisotopic (exact) mass is 344 g/mol. The van der Waals surface area contributed by atoms with Crippen LogP contribution in [0.5, 0.6) is 0 Å². The van der Waals surface area contributed by atoms with E-state index < -0.39 is 0 Å². The molecule has 1 aliphatic rings. The second-order valence-corrected chi connectivity index (χ2v) is 6.75. The van der Waals surface area contributed by atoms with Gasteiger partial charge in [-0.15, -0.1) is 0 Å². The molecule has 0 radical (unpaired) electrons. The highest BCUT2D eigenvalue weighted by atomic mass is 79.9. The van der Waals surface area contributed by atoms with E-state index in [1.54, 1.807) is 12.1 Å². The lowest BCUT2D eigenvalue weighted by atomic mass is 10.1. The Morgan fingerprint density at radius 3 is 2.74 bits per heavy atom. The summed E-state index contributed by atoms with van der Waals surface area (Å²) in [5.74, 6) is 0. The number of hydrogen-bond donors (Lipinski definition) is 0. The van der Waals surface area contributed by atoms with Crippen LogP contribution in [0.4, 0.5) is 5.69 Å². The van der Waals surface area contributed by atoms with Crippen LogP contribution in [-0.2, 0) is 6.54 Å². The van der Waals surface area contributed by atoms with Crippen LogP contribution in [0.15, 0.2) is 22.7 Å². The minimum absolute atomic E-state index is 0.150. The van der Waals surface area contributed by atoms with Crippen molar-refractivity contribution >= 4 is 33.4 Å². The zero-order valence-corrected chi connectivity index (χ0v) is 13.2. The van der Waals surface area contributed by atoms with Crippen molar-refractivity contribution in [2.75, 3.05) is 19.3 Å². The van der Waals surface area contributed by atoms with E-state index >= 15 is 0 Å². The molecule has 1 aromatic carbocycles. The summed E-state index contributed by atoms with van der Waals surface area (Å²) < 4.78 is 0.544. The number of thioether (sulfide) groups is 1. The van der Waals surface area contributed by atoms with E-state index in [1.807, 2.05) is 17.8 Å². The summed E-state index contributed by atoms with van der Waals surface area (Å²) in [6.07, 6.45) is 4.58. The molecule has 0 saturated carbocycles. The standard InChI is InChI=1S/C13H17BrN2O2S/c1-19-11-4-6-15(7-5-11)9-10-2-3-12(14)13(8-10)16(17)18/h2-3,8,11H,4-7,9H2,1H3. The number of piperidine rings is 1. The molecule has 1 aliphatic heterocycles. The minimum Gasteiger partial charge on any atom is -0.299 e. The van der Waals surface area contributed by atoms with Crippen molar-refractivity contribution in [3.8, 4) is 0 Å². The van der Waals surface area contributed by atoms with Gasteiger partial charge in [0.05, 0.1) is 9.40 Å². The number of nitro groups is 1. The van der Waals surface area contributed by atoms with E-state index in [2.05, 4.69) is 27.1 Å². The van der Waals surface area contributed by atoms with Gasteiger partial charge in [-0.3, -0.25) is 15.0 Å². The number of benzene rings is 1. The summed E-state index contributed by atoms with van der Waals surface area (Å²) in [6.45, 7) is 2.96. The molecule has 1 saturated heterocycles. The van der Waals surface area contributed by atoms with Crippen molar-refractivity contribution < 1.29 is 4.92 Å². The Morgan fingerprint density at radius 2 is 2.16 bits per heavy atom. The molecular weight excluding hydrogens is 328 g/mol. The topological polar surface area (TPSA) is 46.4 Å². The van der Waals surface area contributed by atoms with Crippen molar-refractivity contribution in [1.82, 2.24) is 4.90 Å². The number of nitro benzene ring substituents is 1. The third kappa shape index (κ3) is 3.94. The van der Waals surface area contributed by atoms with Gasteiger partial charge in [0.15, 0.2) is 0 Å². The van der Waals surface area contributed by atoms with Crippen molar-refractivity contribution in [3.63, 3.8) is 0 Å². The normalized spacial score (nSPS) is 17.6. The molecule has 0 spiro atoms. The lowest BCUT2D eigenvalue weighted by molar-refractivity contribution is -0.385. The fraction of sp³-hybridized carbons (Fsp3) is 0.538. The molecule has 0 aromatic heterocycles. The van der Waals surface area contributed by atoms with Crippen LogP contribution in [0, 0.1) is 10.1 Å². The molecule has 1 aromatic rings. The van der Waals surface area contributed by atoms with Gasteiger partial charge >= 0.3 is 0 Å². The maximum Gasteiger partial charge on any atom is 0.283 e. The molecule has 4 nitrogen and oxygen atoms in total. The first-order chi connectivity index (χ1) is 9.10. The van der Waals surface area contributed by atoms with Crippen LogP contribution in [0.1, 0.15) is 18.4 Å². The minimum atomic E-state index is -0.340. The Morgan fingerprint density at radius 1 is 1.47 bits per heavy atom. The van der Waals surface area contributed by atoms with Crippen LogP contribution in [-0.4, -0.2) is 34.4 Å². The van der Waals surface area contributed by atoms with Crippen molar-refractivity contribution in [2.24, 2.45) is 0 Å². The average molecular weight is 345 g/mol. The smallest absolute Gasteiger partial charge is 0.283 e.